The van der Waals surface area contributed by atoms with E-state index in [2.05, 4.69) is 171 Å². The van der Waals surface area contributed by atoms with Crippen molar-refractivity contribution in [3.63, 3.8) is 0 Å². The average Bonchev–Trinajstić information content (AvgIpc) is 2.19. The first-order valence-electron chi connectivity index (χ1n) is 13.9. The van der Waals surface area contributed by atoms with E-state index in [-0.39, 0.29) is 25.0 Å². The van der Waals surface area contributed by atoms with Crippen molar-refractivity contribution in [1.29, 1.82) is 0 Å². The molecule has 0 bridgehead atoms. The van der Waals surface area contributed by atoms with E-state index < -0.39 is 65.9 Å². The molecule has 0 aliphatic heterocycles. The molecule has 0 atom stereocenters. The monoisotopic (exact) mass is 667 g/mol. The van der Waals surface area contributed by atoms with Crippen LogP contribution in [0.3, 0.4) is 0 Å². The molecule has 0 spiro atoms. The summed E-state index contributed by atoms with van der Waals surface area (Å²) in [5, 5.41) is 0. The molecule has 0 saturated carbocycles. The van der Waals surface area contributed by atoms with Gasteiger partial charge in [-0.1, -0.05) is 174 Å². The van der Waals surface area contributed by atoms with Gasteiger partial charge in [-0.05, 0) is 0 Å². The quantitative estimate of drug-likeness (QED) is 0.212. The molecule has 14 heteroatoms. The van der Waals surface area contributed by atoms with Gasteiger partial charge in [0.1, 0.15) is 49.4 Å². The van der Waals surface area contributed by atoms with Gasteiger partial charge in [-0.3, -0.25) is 0 Å². The van der Waals surface area contributed by atoms with Gasteiger partial charge in [-0.15, -0.1) is 0 Å². The van der Waals surface area contributed by atoms with Crippen LogP contribution in [0, 0.1) is 0 Å². The molecule has 5 nitrogen and oxygen atoms in total. The molecule has 38 heavy (non-hydrogen) atoms. The van der Waals surface area contributed by atoms with Gasteiger partial charge in [0.15, 0.2) is 0 Å². The number of rotatable bonds is 8. The molecular weight excluding hydrogens is 590 g/mol. The fourth-order valence-electron chi connectivity index (χ4n) is 4.38. The maximum atomic E-state index is 4.82. The smallest absolute Gasteiger partial charge is 0.668 e. The maximum Gasteiger partial charge on any atom is 1.00 e. The van der Waals surface area contributed by atoms with Crippen LogP contribution in [-0.2, 0) is 0 Å². The van der Waals surface area contributed by atoms with E-state index in [0.717, 1.165) is 0 Å². The summed E-state index contributed by atoms with van der Waals surface area (Å²) in [6.45, 7) is 56.1. The summed E-state index contributed by atoms with van der Waals surface area (Å²) >= 11 is 0. The van der Waals surface area contributed by atoms with E-state index in [1.807, 2.05) is 0 Å². The van der Waals surface area contributed by atoms with Crippen molar-refractivity contribution in [2.75, 3.05) is 0 Å². The van der Waals surface area contributed by atoms with Crippen LogP contribution in [0.1, 0.15) is 0 Å². The van der Waals surface area contributed by atoms with Crippen LogP contribution >= 0.6 is 0 Å². The predicted molar refractivity (Wildman–Crippen MR) is 205 cm³/mol. The molecule has 6 N–H and O–H groups in total. The van der Waals surface area contributed by atoms with Crippen LogP contribution in [-0.4, -0.2) is 65.9 Å². The summed E-state index contributed by atoms with van der Waals surface area (Å²) in [4.78, 5) is 0. The Bertz CT molecular complexity index is 419. The van der Waals surface area contributed by atoms with Gasteiger partial charge in [0.25, 0.3) is 0 Å². The second-order valence-electron chi connectivity index (χ2n) is 18.3. The molecule has 0 rings (SSSR count). The summed E-state index contributed by atoms with van der Waals surface area (Å²) < 4.78 is 16.0. The average molecular weight is 669 g/mol. The third kappa shape index (κ3) is 77.0. The van der Waals surface area contributed by atoms with Gasteiger partial charge < -0.3 is 24.7 Å². The Hall–Kier alpha value is 2.13. The summed E-state index contributed by atoms with van der Waals surface area (Å²) in [6, 6.07) is 0. The fraction of sp³-hybridized carbons (Fsp3) is 1.00. The Balaban J connectivity index is -0.0000000883. The molecule has 0 fully saturated rings. The van der Waals surface area contributed by atoms with E-state index in [4.69, 9.17) is 4.65 Å². The molecule has 0 aliphatic rings. The summed E-state index contributed by atoms with van der Waals surface area (Å²) in [6.07, 6.45) is 0. The zero-order valence-corrected chi connectivity index (χ0v) is 39.7. The van der Waals surface area contributed by atoms with Gasteiger partial charge in [0.2, 0.25) is 0 Å². The van der Waals surface area contributed by atoms with Crippen LogP contribution in [0.2, 0.25) is 157 Å². The molecular formula is C24H78LiN5Si8. The first kappa shape index (κ1) is 52.8. The first-order valence-corrected chi connectivity index (χ1v) is 41.8. The van der Waals surface area contributed by atoms with E-state index in [1.54, 1.807) is 0 Å². The standard InChI is InChI=1S/3C6H19NSi2.C6H18NSi2.Li.H3N/c4*1-8(2,3)7-9(4,5)6;;/h3*7H,1-6H3;1-6H3;;1H3/q;;;-1;+1;. The topological polar surface area (TPSA) is 85.2 Å². The van der Waals surface area contributed by atoms with Gasteiger partial charge in [-0.2, -0.15) is 0 Å². The normalized spacial score (nSPS) is 13.3. The molecule has 0 aromatic heterocycles. The molecule has 232 valence electrons. The van der Waals surface area contributed by atoms with Gasteiger partial charge >= 0.3 is 18.9 Å². The summed E-state index contributed by atoms with van der Waals surface area (Å²) in [7, 11) is -8.10. The van der Waals surface area contributed by atoms with Gasteiger partial charge in [0.05, 0.1) is 0 Å². The Morgan fingerprint density at radius 1 is 0.289 bits per heavy atom. The van der Waals surface area contributed by atoms with Crippen molar-refractivity contribution in [2.24, 2.45) is 0 Å². The van der Waals surface area contributed by atoms with Crippen molar-refractivity contribution in [3.8, 4) is 0 Å². The minimum atomic E-state index is -1.11. The minimum absolute atomic E-state index is 0. The van der Waals surface area contributed by atoms with Crippen molar-refractivity contribution < 1.29 is 18.9 Å². The molecule has 0 amide bonds. The Morgan fingerprint density at radius 3 is 0.395 bits per heavy atom. The molecule has 0 saturated heterocycles. The van der Waals surface area contributed by atoms with E-state index in [9.17, 15) is 0 Å². The summed E-state index contributed by atoms with van der Waals surface area (Å²) in [5.41, 5.74) is 0. The SMILES string of the molecule is C[Si](C)(C)N[Si](C)(C)C.C[Si](C)(C)N[Si](C)(C)C.C[Si](C)(C)N[Si](C)(C)C.C[Si](C)(C)[N-][Si](C)(C)C.N.[Li+]. The first-order chi connectivity index (χ1) is 14.8. The van der Waals surface area contributed by atoms with E-state index in [1.165, 1.54) is 0 Å². The van der Waals surface area contributed by atoms with Gasteiger partial charge in [-0.25, -0.2) is 0 Å². The number of hydrogen-bond acceptors (Lipinski definition) is 4. The molecule has 0 unspecified atom stereocenters. The Morgan fingerprint density at radius 2 is 0.395 bits per heavy atom. The van der Waals surface area contributed by atoms with E-state index in [0.29, 0.717) is 0 Å². The third-order valence-electron chi connectivity index (χ3n) is 2.92. The van der Waals surface area contributed by atoms with Crippen LogP contribution in [0.4, 0.5) is 0 Å². The van der Waals surface area contributed by atoms with Crippen molar-refractivity contribution in [3.05, 3.63) is 4.65 Å². The maximum absolute atomic E-state index is 4.82. The van der Waals surface area contributed by atoms with Crippen LogP contribution < -0.4 is 39.0 Å². The van der Waals surface area contributed by atoms with Crippen LogP contribution in [0.5, 0.6) is 0 Å². The number of nitrogens with zero attached hydrogens (tertiary/aromatic N) is 1. The Kier molecular flexibility index (Phi) is 27.0. The summed E-state index contributed by atoms with van der Waals surface area (Å²) in [5.74, 6) is 0. The van der Waals surface area contributed by atoms with Crippen molar-refractivity contribution in [2.45, 2.75) is 157 Å². The number of nitrogens with one attached hydrogen (secondary N) is 3. The molecule has 0 aliphatic carbocycles. The largest absolute Gasteiger partial charge is 1.00 e. The minimum Gasteiger partial charge on any atom is -0.668 e. The van der Waals surface area contributed by atoms with Crippen molar-refractivity contribution >= 4 is 65.9 Å². The van der Waals surface area contributed by atoms with Crippen LogP contribution in [0.15, 0.2) is 0 Å². The molecule has 0 heterocycles. The predicted octanol–water partition coefficient (Wildman–Crippen LogP) is 6.93. The van der Waals surface area contributed by atoms with E-state index >= 15 is 0 Å². The molecule has 0 aromatic rings. The molecule has 0 aromatic carbocycles. The van der Waals surface area contributed by atoms with Crippen LogP contribution in [0.25, 0.3) is 4.65 Å². The van der Waals surface area contributed by atoms with Gasteiger partial charge in [0, 0.05) is 0 Å². The number of hydrogen-bond donors (Lipinski definition) is 4. The second kappa shape index (κ2) is 19.4. The zero-order chi connectivity index (χ0) is 30.8. The Labute approximate surface area is 264 Å². The van der Waals surface area contributed by atoms with Crippen molar-refractivity contribution in [1.82, 2.24) is 20.1 Å². The third-order valence-corrected chi connectivity index (χ3v) is 26.3. The zero-order valence-electron chi connectivity index (χ0n) is 31.7. The second-order valence-corrected chi connectivity index (χ2v) is 57.9. The fourth-order valence-corrected chi connectivity index (χ4v) is 39.4. The molecule has 0 radical (unpaired) electrons.